The van der Waals surface area contributed by atoms with E-state index in [1.165, 1.54) is 12.1 Å². The second kappa shape index (κ2) is 9.81. The van der Waals surface area contributed by atoms with Gasteiger partial charge in [-0.1, -0.05) is 12.1 Å². The standard InChI is InChI=1S/C25H33N3O2/c1-19(2)30-24-13-6-20(7-14-24)8-15-25(29)27(5)21-9-11-22(12-10-21)28-17-16-23(18-28)26(3)4/h6-15,19,23H,16-18H2,1-5H3/b15-8+. The summed E-state index contributed by atoms with van der Waals surface area (Å²) in [6.45, 7) is 6.12. The number of amides is 1. The smallest absolute Gasteiger partial charge is 0.250 e. The third-order valence-electron chi connectivity index (χ3n) is 5.50. The molecule has 0 aliphatic carbocycles. The zero-order chi connectivity index (χ0) is 21.7. The number of anilines is 2. The molecule has 0 N–H and O–H groups in total. The minimum atomic E-state index is -0.0564. The number of rotatable bonds is 7. The Morgan fingerprint density at radius 1 is 1.07 bits per heavy atom. The van der Waals surface area contributed by atoms with Crippen molar-refractivity contribution in [2.24, 2.45) is 0 Å². The van der Waals surface area contributed by atoms with Crippen molar-refractivity contribution in [3.8, 4) is 5.75 Å². The Balaban J connectivity index is 1.58. The Hall–Kier alpha value is -2.79. The van der Waals surface area contributed by atoms with Crippen molar-refractivity contribution in [2.75, 3.05) is 44.0 Å². The first-order valence-corrected chi connectivity index (χ1v) is 10.6. The van der Waals surface area contributed by atoms with Gasteiger partial charge in [-0.25, -0.2) is 0 Å². The van der Waals surface area contributed by atoms with Crippen LogP contribution in [0.2, 0.25) is 0 Å². The lowest BCUT2D eigenvalue weighted by Gasteiger charge is -2.23. The van der Waals surface area contributed by atoms with Gasteiger partial charge in [0.1, 0.15) is 5.75 Å². The maximum atomic E-state index is 12.6. The molecule has 30 heavy (non-hydrogen) atoms. The van der Waals surface area contributed by atoms with E-state index in [-0.39, 0.29) is 12.0 Å². The number of hydrogen-bond donors (Lipinski definition) is 0. The van der Waals surface area contributed by atoms with Gasteiger partial charge in [0.05, 0.1) is 6.10 Å². The summed E-state index contributed by atoms with van der Waals surface area (Å²) >= 11 is 0. The van der Waals surface area contributed by atoms with Crippen LogP contribution in [0, 0.1) is 0 Å². The van der Waals surface area contributed by atoms with Crippen LogP contribution in [-0.4, -0.2) is 57.2 Å². The number of hydrogen-bond acceptors (Lipinski definition) is 4. The molecule has 1 atom stereocenters. The molecule has 0 spiro atoms. The van der Waals surface area contributed by atoms with Gasteiger partial charge < -0.3 is 19.4 Å². The van der Waals surface area contributed by atoms with Crippen LogP contribution in [0.5, 0.6) is 5.75 Å². The number of likely N-dealkylation sites (N-methyl/N-ethyl adjacent to an activating group) is 2. The summed E-state index contributed by atoms with van der Waals surface area (Å²) in [5, 5.41) is 0. The summed E-state index contributed by atoms with van der Waals surface area (Å²) in [7, 11) is 6.08. The number of carbonyl (C=O) groups excluding carboxylic acids is 1. The molecule has 5 heteroatoms. The van der Waals surface area contributed by atoms with Gasteiger partial charge in [-0.3, -0.25) is 4.79 Å². The number of ether oxygens (including phenoxy) is 1. The normalized spacial score (nSPS) is 16.6. The molecule has 2 aromatic rings. The lowest BCUT2D eigenvalue weighted by Crippen LogP contribution is -2.31. The molecule has 0 saturated carbocycles. The monoisotopic (exact) mass is 407 g/mol. The molecule has 5 nitrogen and oxygen atoms in total. The van der Waals surface area contributed by atoms with E-state index in [4.69, 9.17) is 4.74 Å². The van der Waals surface area contributed by atoms with Gasteiger partial charge in [0.2, 0.25) is 0 Å². The topological polar surface area (TPSA) is 36.0 Å². The van der Waals surface area contributed by atoms with Crippen LogP contribution < -0.4 is 14.5 Å². The zero-order valence-electron chi connectivity index (χ0n) is 18.7. The molecule has 1 saturated heterocycles. The van der Waals surface area contributed by atoms with Gasteiger partial charge >= 0.3 is 0 Å². The van der Waals surface area contributed by atoms with Crippen LogP contribution in [0.4, 0.5) is 11.4 Å². The average molecular weight is 408 g/mol. The van der Waals surface area contributed by atoms with Crippen LogP contribution in [0.1, 0.15) is 25.8 Å². The predicted octanol–water partition coefficient (Wildman–Crippen LogP) is 4.29. The molecule has 0 radical (unpaired) electrons. The first-order chi connectivity index (χ1) is 14.3. The molecule has 1 fully saturated rings. The fourth-order valence-electron chi connectivity index (χ4n) is 3.62. The molecule has 1 heterocycles. The summed E-state index contributed by atoms with van der Waals surface area (Å²) in [6.07, 6.45) is 4.77. The van der Waals surface area contributed by atoms with Crippen LogP contribution >= 0.6 is 0 Å². The molecule has 0 bridgehead atoms. The van der Waals surface area contributed by atoms with Crippen molar-refractivity contribution in [3.63, 3.8) is 0 Å². The number of carbonyl (C=O) groups is 1. The van der Waals surface area contributed by atoms with Crippen molar-refractivity contribution < 1.29 is 9.53 Å². The van der Waals surface area contributed by atoms with E-state index in [0.717, 1.165) is 30.1 Å². The molecule has 3 rings (SSSR count). The van der Waals surface area contributed by atoms with Gasteiger partial charge in [-0.2, -0.15) is 0 Å². The fraction of sp³-hybridized carbons (Fsp3) is 0.400. The average Bonchev–Trinajstić information content (AvgIpc) is 3.23. The Morgan fingerprint density at radius 2 is 1.73 bits per heavy atom. The van der Waals surface area contributed by atoms with E-state index in [2.05, 4.69) is 36.0 Å². The summed E-state index contributed by atoms with van der Waals surface area (Å²) in [5.74, 6) is 0.777. The zero-order valence-corrected chi connectivity index (χ0v) is 18.7. The Morgan fingerprint density at radius 3 is 2.30 bits per heavy atom. The van der Waals surface area contributed by atoms with Crippen molar-refractivity contribution in [1.29, 1.82) is 0 Å². The van der Waals surface area contributed by atoms with Crippen LogP contribution in [0.25, 0.3) is 6.08 Å². The molecule has 160 valence electrons. The lowest BCUT2D eigenvalue weighted by atomic mass is 10.2. The molecule has 0 aromatic heterocycles. The largest absolute Gasteiger partial charge is 0.491 e. The first-order valence-electron chi connectivity index (χ1n) is 10.6. The first kappa shape index (κ1) is 21.9. The van der Waals surface area contributed by atoms with Crippen molar-refractivity contribution >= 4 is 23.4 Å². The molecule has 1 aliphatic heterocycles. The maximum Gasteiger partial charge on any atom is 0.250 e. The second-order valence-electron chi connectivity index (χ2n) is 8.33. The Bertz CT molecular complexity index is 857. The highest BCUT2D eigenvalue weighted by molar-refractivity contribution is 6.03. The van der Waals surface area contributed by atoms with Gasteiger partial charge in [0.15, 0.2) is 0 Å². The van der Waals surface area contributed by atoms with E-state index in [0.29, 0.717) is 6.04 Å². The molecular formula is C25H33N3O2. The van der Waals surface area contributed by atoms with Crippen LogP contribution in [0.15, 0.2) is 54.6 Å². The third kappa shape index (κ3) is 5.63. The minimum Gasteiger partial charge on any atom is -0.491 e. The Kier molecular flexibility index (Phi) is 7.16. The van der Waals surface area contributed by atoms with Crippen LogP contribution in [0.3, 0.4) is 0 Å². The quantitative estimate of drug-likeness (QED) is 0.642. The third-order valence-corrected chi connectivity index (χ3v) is 5.50. The second-order valence-corrected chi connectivity index (χ2v) is 8.33. The maximum absolute atomic E-state index is 12.6. The van der Waals surface area contributed by atoms with E-state index in [1.807, 2.05) is 56.3 Å². The number of benzene rings is 2. The summed E-state index contributed by atoms with van der Waals surface area (Å²) in [6, 6.07) is 16.6. The highest BCUT2D eigenvalue weighted by Crippen LogP contribution is 2.25. The van der Waals surface area contributed by atoms with Gasteiger partial charge in [-0.15, -0.1) is 0 Å². The summed E-state index contributed by atoms with van der Waals surface area (Å²) < 4.78 is 5.65. The lowest BCUT2D eigenvalue weighted by molar-refractivity contribution is -0.113. The summed E-state index contributed by atoms with van der Waals surface area (Å²) in [4.78, 5) is 19.0. The van der Waals surface area contributed by atoms with Gasteiger partial charge in [0, 0.05) is 43.6 Å². The molecule has 1 amide bonds. The number of nitrogens with zero attached hydrogens (tertiary/aromatic N) is 3. The van der Waals surface area contributed by atoms with E-state index in [9.17, 15) is 4.79 Å². The van der Waals surface area contributed by atoms with Crippen molar-refractivity contribution in [3.05, 3.63) is 60.2 Å². The molecule has 1 unspecified atom stereocenters. The van der Waals surface area contributed by atoms with Crippen LogP contribution in [-0.2, 0) is 4.79 Å². The fourth-order valence-corrected chi connectivity index (χ4v) is 3.62. The van der Waals surface area contributed by atoms with Gasteiger partial charge in [0.25, 0.3) is 5.91 Å². The Labute approximate surface area is 180 Å². The van der Waals surface area contributed by atoms with Crippen molar-refractivity contribution in [1.82, 2.24) is 4.90 Å². The highest BCUT2D eigenvalue weighted by Gasteiger charge is 2.24. The van der Waals surface area contributed by atoms with Gasteiger partial charge in [-0.05, 0) is 82.4 Å². The molecule has 1 aliphatic rings. The minimum absolute atomic E-state index is 0.0564. The van der Waals surface area contributed by atoms with E-state index >= 15 is 0 Å². The van der Waals surface area contributed by atoms with E-state index < -0.39 is 0 Å². The molecule has 2 aromatic carbocycles. The SMILES string of the molecule is CC(C)Oc1ccc(/C=C/C(=O)N(C)c2ccc(N3CCC(N(C)C)C3)cc2)cc1. The van der Waals surface area contributed by atoms with Crippen molar-refractivity contribution in [2.45, 2.75) is 32.4 Å². The summed E-state index contributed by atoms with van der Waals surface area (Å²) in [5.41, 5.74) is 3.06. The van der Waals surface area contributed by atoms with E-state index in [1.54, 1.807) is 18.0 Å². The molecular weight excluding hydrogens is 374 g/mol. The highest BCUT2D eigenvalue weighted by atomic mass is 16.5. The predicted molar refractivity (Wildman–Crippen MR) is 125 cm³/mol.